The fraction of sp³-hybridized carbons (Fsp3) is 0.160. The van der Waals surface area contributed by atoms with Crippen molar-refractivity contribution in [1.82, 2.24) is 9.88 Å². The number of amides is 2. The monoisotopic (exact) mass is 477 g/mol. The molecule has 2 aromatic carbocycles. The Balaban J connectivity index is 1.77. The summed E-state index contributed by atoms with van der Waals surface area (Å²) < 4.78 is 12.6. The van der Waals surface area contributed by atoms with Gasteiger partial charge in [-0.05, 0) is 80.2 Å². The third-order valence-electron chi connectivity index (χ3n) is 5.61. The number of methoxy groups -OCH3 is 2. The number of ether oxygens (including phenoxy) is 2. The van der Waals surface area contributed by atoms with Crippen LogP contribution in [-0.2, 0) is 9.59 Å². The van der Waals surface area contributed by atoms with E-state index in [0.717, 1.165) is 17.1 Å². The number of thiocarbonyl (C=S) groups is 1. The van der Waals surface area contributed by atoms with Gasteiger partial charge in [0.25, 0.3) is 11.8 Å². The SMILES string of the molecule is COc1ccc(N2C(=O)/C(=C/c3cc(C)n(-c4ccc(O)cc4)c3C)C(=O)NC2=S)c(OC)c1. The first-order valence-corrected chi connectivity index (χ1v) is 10.8. The Hall–Kier alpha value is -4.11. The number of aromatic nitrogens is 1. The van der Waals surface area contributed by atoms with Gasteiger partial charge in [-0.2, -0.15) is 0 Å². The van der Waals surface area contributed by atoms with Crippen LogP contribution < -0.4 is 19.7 Å². The Bertz CT molecular complexity index is 1340. The number of carbonyl (C=O) groups excluding carboxylic acids is 2. The molecule has 9 heteroatoms. The molecule has 2 amide bonds. The van der Waals surface area contributed by atoms with E-state index in [1.807, 2.05) is 24.5 Å². The molecule has 0 atom stereocenters. The predicted molar refractivity (Wildman–Crippen MR) is 133 cm³/mol. The number of hydrogen-bond acceptors (Lipinski definition) is 6. The molecule has 174 valence electrons. The molecule has 1 aliphatic rings. The molecular weight excluding hydrogens is 454 g/mol. The number of phenols is 1. The first-order chi connectivity index (χ1) is 16.2. The van der Waals surface area contributed by atoms with Crippen LogP contribution in [0.1, 0.15) is 17.0 Å². The Labute approximate surface area is 202 Å². The van der Waals surface area contributed by atoms with Crippen LogP contribution in [0, 0.1) is 13.8 Å². The maximum absolute atomic E-state index is 13.5. The molecule has 8 nitrogen and oxygen atoms in total. The van der Waals surface area contributed by atoms with E-state index in [9.17, 15) is 14.7 Å². The Morgan fingerprint density at radius 3 is 2.35 bits per heavy atom. The zero-order valence-electron chi connectivity index (χ0n) is 19.1. The lowest BCUT2D eigenvalue weighted by atomic mass is 10.1. The van der Waals surface area contributed by atoms with E-state index in [-0.39, 0.29) is 16.4 Å². The van der Waals surface area contributed by atoms with Crippen molar-refractivity contribution in [2.75, 3.05) is 19.1 Å². The first kappa shape index (κ1) is 23.1. The van der Waals surface area contributed by atoms with E-state index >= 15 is 0 Å². The topological polar surface area (TPSA) is 93.0 Å². The molecule has 3 aromatic rings. The van der Waals surface area contributed by atoms with Crippen LogP contribution in [0.15, 0.2) is 54.1 Å². The maximum atomic E-state index is 13.5. The highest BCUT2D eigenvalue weighted by molar-refractivity contribution is 7.80. The molecule has 4 rings (SSSR count). The number of aryl methyl sites for hydroxylation is 1. The first-order valence-electron chi connectivity index (χ1n) is 10.4. The van der Waals surface area contributed by atoms with Gasteiger partial charge in [-0.3, -0.25) is 14.9 Å². The summed E-state index contributed by atoms with van der Waals surface area (Å²) in [6.07, 6.45) is 1.56. The Kier molecular flexibility index (Phi) is 6.12. The van der Waals surface area contributed by atoms with Gasteiger partial charge >= 0.3 is 0 Å². The van der Waals surface area contributed by atoms with Crippen LogP contribution in [0.3, 0.4) is 0 Å². The number of nitrogens with one attached hydrogen (secondary N) is 1. The van der Waals surface area contributed by atoms with Gasteiger partial charge < -0.3 is 19.1 Å². The molecule has 2 N–H and O–H groups in total. The lowest BCUT2D eigenvalue weighted by Gasteiger charge is -2.30. The quantitative estimate of drug-likeness (QED) is 0.331. The van der Waals surface area contributed by atoms with Gasteiger partial charge in [-0.15, -0.1) is 0 Å². The summed E-state index contributed by atoms with van der Waals surface area (Å²) in [6, 6.07) is 13.6. The zero-order chi connectivity index (χ0) is 24.6. The molecule has 1 aromatic heterocycles. The number of benzene rings is 2. The van der Waals surface area contributed by atoms with Crippen LogP contribution in [0.25, 0.3) is 11.8 Å². The van der Waals surface area contributed by atoms with E-state index in [2.05, 4.69) is 5.32 Å². The van der Waals surface area contributed by atoms with Crippen LogP contribution in [0.4, 0.5) is 5.69 Å². The fourth-order valence-corrected chi connectivity index (χ4v) is 4.21. The number of anilines is 1. The Morgan fingerprint density at radius 1 is 1.00 bits per heavy atom. The second-order valence-electron chi connectivity index (χ2n) is 7.67. The summed E-state index contributed by atoms with van der Waals surface area (Å²) in [7, 11) is 3.00. The van der Waals surface area contributed by atoms with Crippen molar-refractivity contribution in [1.29, 1.82) is 0 Å². The van der Waals surface area contributed by atoms with Crippen molar-refractivity contribution in [3.8, 4) is 22.9 Å². The molecule has 0 radical (unpaired) electrons. The minimum absolute atomic E-state index is 0.0369. The smallest absolute Gasteiger partial charge is 0.270 e. The third kappa shape index (κ3) is 4.01. The summed E-state index contributed by atoms with van der Waals surface area (Å²) in [5.41, 5.74) is 3.62. The van der Waals surface area contributed by atoms with Crippen molar-refractivity contribution in [3.05, 3.63) is 71.1 Å². The summed E-state index contributed by atoms with van der Waals surface area (Å²) >= 11 is 5.31. The van der Waals surface area contributed by atoms with E-state index in [1.165, 1.54) is 19.1 Å². The second-order valence-corrected chi connectivity index (χ2v) is 8.06. The van der Waals surface area contributed by atoms with Crippen molar-refractivity contribution in [2.24, 2.45) is 0 Å². The molecule has 0 bridgehead atoms. The van der Waals surface area contributed by atoms with Crippen molar-refractivity contribution in [2.45, 2.75) is 13.8 Å². The van der Waals surface area contributed by atoms with Gasteiger partial charge in [0.1, 0.15) is 22.8 Å². The van der Waals surface area contributed by atoms with Crippen LogP contribution in [-0.4, -0.2) is 40.8 Å². The third-order valence-corrected chi connectivity index (χ3v) is 5.89. The standard InChI is InChI=1S/C25H23N3O5S/c1-14-11-16(15(2)27(14)17-5-7-18(29)8-6-17)12-20-23(30)26-25(34)28(24(20)31)21-10-9-19(32-3)13-22(21)33-4/h5-13,29H,1-4H3,(H,26,30,34)/b20-12+. The normalized spacial score (nSPS) is 15.0. The van der Waals surface area contributed by atoms with Gasteiger partial charge in [-0.1, -0.05) is 0 Å². The van der Waals surface area contributed by atoms with Gasteiger partial charge in [0.2, 0.25) is 0 Å². The Morgan fingerprint density at radius 2 is 1.71 bits per heavy atom. The predicted octanol–water partition coefficient (Wildman–Crippen LogP) is 3.65. The highest BCUT2D eigenvalue weighted by Crippen LogP contribution is 2.34. The molecule has 0 unspecified atom stereocenters. The molecule has 0 aliphatic carbocycles. The van der Waals surface area contributed by atoms with E-state index in [0.29, 0.717) is 22.7 Å². The largest absolute Gasteiger partial charge is 0.508 e. The van der Waals surface area contributed by atoms with Gasteiger partial charge in [-0.25, -0.2) is 4.90 Å². The summed E-state index contributed by atoms with van der Waals surface area (Å²) in [5, 5.41) is 12.2. The molecule has 1 fully saturated rings. The number of nitrogens with zero attached hydrogens (tertiary/aromatic N) is 2. The van der Waals surface area contributed by atoms with Gasteiger partial charge in [0.15, 0.2) is 5.11 Å². The molecule has 1 aliphatic heterocycles. The molecule has 1 saturated heterocycles. The highest BCUT2D eigenvalue weighted by Gasteiger charge is 2.36. The zero-order valence-corrected chi connectivity index (χ0v) is 19.9. The van der Waals surface area contributed by atoms with Gasteiger partial charge in [0, 0.05) is 23.1 Å². The molecule has 0 saturated carbocycles. The fourth-order valence-electron chi connectivity index (χ4n) is 3.93. The minimum atomic E-state index is -0.576. The van der Waals surface area contributed by atoms with E-state index in [1.54, 1.807) is 48.5 Å². The summed E-state index contributed by atoms with van der Waals surface area (Å²) in [6.45, 7) is 3.82. The van der Waals surface area contributed by atoms with E-state index < -0.39 is 11.8 Å². The highest BCUT2D eigenvalue weighted by atomic mass is 32.1. The molecule has 2 heterocycles. The number of hydrogen-bond donors (Lipinski definition) is 2. The van der Waals surface area contributed by atoms with Crippen LogP contribution in [0.2, 0.25) is 0 Å². The van der Waals surface area contributed by atoms with Crippen molar-refractivity contribution in [3.63, 3.8) is 0 Å². The number of carbonyl (C=O) groups is 2. The minimum Gasteiger partial charge on any atom is -0.508 e. The van der Waals surface area contributed by atoms with Crippen LogP contribution in [0.5, 0.6) is 17.2 Å². The van der Waals surface area contributed by atoms with Crippen LogP contribution >= 0.6 is 12.2 Å². The molecule has 0 spiro atoms. The lowest BCUT2D eigenvalue weighted by Crippen LogP contribution is -2.54. The number of rotatable bonds is 5. The number of aromatic hydroxyl groups is 1. The lowest BCUT2D eigenvalue weighted by molar-refractivity contribution is -0.122. The van der Waals surface area contributed by atoms with Gasteiger partial charge in [0.05, 0.1) is 19.9 Å². The second kappa shape index (κ2) is 9.03. The van der Waals surface area contributed by atoms with Crippen molar-refractivity contribution < 1.29 is 24.2 Å². The number of phenolic OH excluding ortho intramolecular Hbond substituents is 1. The molecule has 34 heavy (non-hydrogen) atoms. The van der Waals surface area contributed by atoms with Crippen molar-refractivity contribution >= 4 is 40.9 Å². The summed E-state index contributed by atoms with van der Waals surface area (Å²) in [4.78, 5) is 27.5. The van der Waals surface area contributed by atoms with E-state index in [4.69, 9.17) is 21.7 Å². The summed E-state index contributed by atoms with van der Waals surface area (Å²) in [5.74, 6) is -0.0450. The average molecular weight is 478 g/mol. The maximum Gasteiger partial charge on any atom is 0.270 e. The average Bonchev–Trinajstić information content (AvgIpc) is 3.10. The molecular formula is C25H23N3O5S.